The molecule has 0 aliphatic carbocycles. The van der Waals surface area contributed by atoms with Gasteiger partial charge in [-0.15, -0.1) is 0 Å². The quantitative estimate of drug-likeness (QED) is 0.860. The number of fused-ring (bicyclic) bond motifs is 1. The second kappa shape index (κ2) is 6.51. The van der Waals surface area contributed by atoms with Crippen LogP contribution in [0, 0.1) is 11.8 Å². The van der Waals surface area contributed by atoms with E-state index in [1.54, 1.807) is 0 Å². The number of hydrogen-bond acceptors (Lipinski definition) is 4. The molecule has 0 bridgehead atoms. The molecule has 1 amide bonds. The number of imidazole rings is 1. The number of amides is 1. The number of likely N-dealkylation sites (tertiary alicyclic amines) is 1. The monoisotopic (exact) mass is 328 g/mol. The molecule has 6 heteroatoms. The fourth-order valence-corrected chi connectivity index (χ4v) is 3.94. The van der Waals surface area contributed by atoms with E-state index in [2.05, 4.69) is 16.5 Å². The van der Waals surface area contributed by atoms with Crippen molar-refractivity contribution in [1.29, 1.82) is 0 Å². The first-order valence-electron chi connectivity index (χ1n) is 8.93. The summed E-state index contributed by atoms with van der Waals surface area (Å²) in [4.78, 5) is 23.8. The van der Waals surface area contributed by atoms with Crippen LogP contribution >= 0.6 is 0 Å². The van der Waals surface area contributed by atoms with E-state index in [1.165, 1.54) is 0 Å². The molecule has 2 atom stereocenters. The van der Waals surface area contributed by atoms with E-state index < -0.39 is 0 Å². The smallest absolute Gasteiger partial charge is 0.228 e. The lowest BCUT2D eigenvalue weighted by Gasteiger charge is -2.19. The van der Waals surface area contributed by atoms with Crippen LogP contribution in [0.3, 0.4) is 0 Å². The SMILES string of the molecule is CCn1c(C[C@@H]2CCN(C(=O)[C@H]3CCOC3)C2)nc2cccnc21. The summed E-state index contributed by atoms with van der Waals surface area (Å²) in [5.41, 5.74) is 1.92. The Balaban J connectivity index is 1.46. The molecule has 24 heavy (non-hydrogen) atoms. The predicted octanol–water partition coefficient (Wildman–Crippen LogP) is 1.88. The van der Waals surface area contributed by atoms with Gasteiger partial charge in [0.2, 0.25) is 5.91 Å². The van der Waals surface area contributed by atoms with Gasteiger partial charge in [0.05, 0.1) is 12.5 Å². The van der Waals surface area contributed by atoms with Crippen molar-refractivity contribution in [2.75, 3.05) is 26.3 Å². The molecule has 6 nitrogen and oxygen atoms in total. The summed E-state index contributed by atoms with van der Waals surface area (Å²) in [6, 6.07) is 3.95. The van der Waals surface area contributed by atoms with Gasteiger partial charge in [-0.2, -0.15) is 0 Å². The van der Waals surface area contributed by atoms with Gasteiger partial charge in [-0.05, 0) is 37.8 Å². The Morgan fingerprint density at radius 1 is 1.42 bits per heavy atom. The van der Waals surface area contributed by atoms with E-state index in [0.717, 1.165) is 62.5 Å². The molecule has 2 aliphatic heterocycles. The molecule has 0 N–H and O–H groups in total. The maximum absolute atomic E-state index is 12.5. The number of carbonyl (C=O) groups excluding carboxylic acids is 1. The molecule has 2 fully saturated rings. The molecule has 0 aromatic carbocycles. The highest BCUT2D eigenvalue weighted by Gasteiger charge is 2.33. The zero-order chi connectivity index (χ0) is 16.5. The van der Waals surface area contributed by atoms with Gasteiger partial charge in [-0.1, -0.05) is 0 Å². The van der Waals surface area contributed by atoms with Gasteiger partial charge in [0, 0.05) is 38.9 Å². The maximum Gasteiger partial charge on any atom is 0.228 e. The summed E-state index contributed by atoms with van der Waals surface area (Å²) in [6.45, 7) is 6.03. The Kier molecular flexibility index (Phi) is 4.22. The van der Waals surface area contributed by atoms with Crippen LogP contribution in [0.5, 0.6) is 0 Å². The fraction of sp³-hybridized carbons (Fsp3) is 0.611. The molecular formula is C18H24N4O2. The minimum Gasteiger partial charge on any atom is -0.381 e. The number of nitrogens with zero attached hydrogens (tertiary/aromatic N) is 4. The Morgan fingerprint density at radius 3 is 3.12 bits per heavy atom. The van der Waals surface area contributed by atoms with E-state index in [0.29, 0.717) is 12.5 Å². The summed E-state index contributed by atoms with van der Waals surface area (Å²) >= 11 is 0. The zero-order valence-corrected chi connectivity index (χ0v) is 14.1. The standard InChI is InChI=1S/C18H24N4O2/c1-2-22-16(20-15-4-3-7-19-17(15)22)10-13-5-8-21(11-13)18(23)14-6-9-24-12-14/h3-4,7,13-14H,2,5-6,8-12H2,1H3/t13-,14-/m0/s1. The summed E-state index contributed by atoms with van der Waals surface area (Å²) in [7, 11) is 0. The van der Waals surface area contributed by atoms with Crippen LogP contribution in [0.15, 0.2) is 18.3 Å². The van der Waals surface area contributed by atoms with Crippen molar-refractivity contribution in [2.24, 2.45) is 11.8 Å². The number of ether oxygens (including phenoxy) is 1. The third-order valence-corrected chi connectivity index (χ3v) is 5.25. The fourth-order valence-electron chi connectivity index (χ4n) is 3.94. The highest BCUT2D eigenvalue weighted by atomic mass is 16.5. The molecule has 2 saturated heterocycles. The van der Waals surface area contributed by atoms with Gasteiger partial charge < -0.3 is 14.2 Å². The third-order valence-electron chi connectivity index (χ3n) is 5.25. The number of pyridine rings is 1. The van der Waals surface area contributed by atoms with Crippen molar-refractivity contribution in [3.05, 3.63) is 24.2 Å². The highest BCUT2D eigenvalue weighted by molar-refractivity contribution is 5.79. The molecule has 128 valence electrons. The lowest BCUT2D eigenvalue weighted by molar-refractivity contribution is -0.134. The summed E-state index contributed by atoms with van der Waals surface area (Å²) in [5.74, 6) is 1.93. The zero-order valence-electron chi connectivity index (χ0n) is 14.1. The molecule has 4 rings (SSSR count). The first kappa shape index (κ1) is 15.6. The Bertz CT molecular complexity index is 736. The molecule has 4 heterocycles. The first-order chi connectivity index (χ1) is 11.8. The van der Waals surface area contributed by atoms with E-state index in [1.807, 2.05) is 23.2 Å². The van der Waals surface area contributed by atoms with Crippen LogP contribution in [0.4, 0.5) is 0 Å². The van der Waals surface area contributed by atoms with Crippen molar-refractivity contribution in [3.63, 3.8) is 0 Å². The largest absolute Gasteiger partial charge is 0.381 e. The normalized spacial score (nSPS) is 24.1. The van der Waals surface area contributed by atoms with Crippen LogP contribution in [0.2, 0.25) is 0 Å². The second-order valence-electron chi connectivity index (χ2n) is 6.82. The lowest BCUT2D eigenvalue weighted by Crippen LogP contribution is -2.34. The molecule has 0 saturated carbocycles. The third kappa shape index (κ3) is 2.79. The van der Waals surface area contributed by atoms with E-state index >= 15 is 0 Å². The number of carbonyl (C=O) groups is 1. The van der Waals surface area contributed by atoms with E-state index in [4.69, 9.17) is 9.72 Å². The summed E-state index contributed by atoms with van der Waals surface area (Å²) in [5, 5.41) is 0. The van der Waals surface area contributed by atoms with Crippen LogP contribution < -0.4 is 0 Å². The van der Waals surface area contributed by atoms with Crippen molar-refractivity contribution in [1.82, 2.24) is 19.4 Å². The number of aromatic nitrogens is 3. The Labute approximate surface area is 141 Å². The molecule has 0 unspecified atom stereocenters. The van der Waals surface area contributed by atoms with Gasteiger partial charge in [0.15, 0.2) is 5.65 Å². The maximum atomic E-state index is 12.5. The Hall–Kier alpha value is -1.95. The molecule has 2 aliphatic rings. The predicted molar refractivity (Wildman–Crippen MR) is 90.5 cm³/mol. The average Bonchev–Trinajstić information content (AvgIpc) is 3.34. The topological polar surface area (TPSA) is 60.2 Å². The van der Waals surface area contributed by atoms with Crippen LogP contribution in [-0.2, 0) is 22.5 Å². The first-order valence-corrected chi connectivity index (χ1v) is 8.93. The Morgan fingerprint density at radius 2 is 2.33 bits per heavy atom. The molecule has 0 radical (unpaired) electrons. The molecule has 0 spiro atoms. The molecule has 2 aromatic rings. The van der Waals surface area contributed by atoms with Gasteiger partial charge in [-0.3, -0.25) is 4.79 Å². The van der Waals surface area contributed by atoms with Gasteiger partial charge in [-0.25, -0.2) is 9.97 Å². The van der Waals surface area contributed by atoms with Gasteiger partial charge in [0.1, 0.15) is 11.3 Å². The minimum absolute atomic E-state index is 0.0770. The summed E-state index contributed by atoms with van der Waals surface area (Å²) < 4.78 is 7.56. The minimum atomic E-state index is 0.0770. The number of aryl methyl sites for hydroxylation is 1. The van der Waals surface area contributed by atoms with Crippen molar-refractivity contribution < 1.29 is 9.53 Å². The van der Waals surface area contributed by atoms with E-state index in [-0.39, 0.29) is 11.8 Å². The van der Waals surface area contributed by atoms with E-state index in [9.17, 15) is 4.79 Å². The summed E-state index contributed by atoms with van der Waals surface area (Å²) in [6.07, 6.45) is 4.66. The van der Waals surface area contributed by atoms with Crippen LogP contribution in [-0.4, -0.2) is 51.6 Å². The second-order valence-corrected chi connectivity index (χ2v) is 6.82. The molecule has 2 aromatic heterocycles. The van der Waals surface area contributed by atoms with Crippen LogP contribution in [0.1, 0.15) is 25.6 Å². The van der Waals surface area contributed by atoms with Crippen molar-refractivity contribution >= 4 is 17.1 Å². The number of rotatable bonds is 4. The van der Waals surface area contributed by atoms with Crippen molar-refractivity contribution in [2.45, 2.75) is 32.7 Å². The average molecular weight is 328 g/mol. The number of hydrogen-bond donors (Lipinski definition) is 0. The van der Waals surface area contributed by atoms with Crippen LogP contribution in [0.25, 0.3) is 11.2 Å². The van der Waals surface area contributed by atoms with Gasteiger partial charge >= 0.3 is 0 Å². The lowest BCUT2D eigenvalue weighted by atomic mass is 10.0. The van der Waals surface area contributed by atoms with Gasteiger partial charge in [0.25, 0.3) is 0 Å². The molecular weight excluding hydrogens is 304 g/mol. The van der Waals surface area contributed by atoms with Crippen molar-refractivity contribution in [3.8, 4) is 0 Å². The highest BCUT2D eigenvalue weighted by Crippen LogP contribution is 2.25.